The molecule has 1 aromatic rings. The summed E-state index contributed by atoms with van der Waals surface area (Å²) in [5, 5.41) is 18.8. The van der Waals surface area contributed by atoms with E-state index in [1.165, 1.54) is 17.3 Å². The van der Waals surface area contributed by atoms with Crippen LogP contribution >= 0.6 is 11.8 Å². The van der Waals surface area contributed by atoms with Gasteiger partial charge in [0.15, 0.2) is 5.92 Å². The lowest BCUT2D eigenvalue weighted by Crippen LogP contribution is -2.45. The average Bonchev–Trinajstić information content (AvgIpc) is 3.28. The molecule has 10 heteroatoms. The van der Waals surface area contributed by atoms with Gasteiger partial charge < -0.3 is 25.8 Å². The molecule has 1 aliphatic heterocycles. The molecule has 0 aromatic heterocycles. The second-order valence-corrected chi connectivity index (χ2v) is 14.0. The van der Waals surface area contributed by atoms with Gasteiger partial charge >= 0.3 is 0 Å². The topological polar surface area (TPSA) is 118 Å². The highest BCUT2D eigenvalue weighted by Gasteiger charge is 2.52. The van der Waals surface area contributed by atoms with E-state index in [1.54, 1.807) is 4.90 Å². The van der Waals surface area contributed by atoms with E-state index in [0.717, 1.165) is 44.6 Å². The third kappa shape index (κ3) is 10.1. The van der Waals surface area contributed by atoms with Crippen LogP contribution in [0.2, 0.25) is 0 Å². The number of amides is 3. The molecule has 1 aliphatic carbocycles. The van der Waals surface area contributed by atoms with Crippen LogP contribution in [0.15, 0.2) is 48.2 Å². The number of allylic oxidation sites excluding steroid dienone is 3. The van der Waals surface area contributed by atoms with Crippen molar-refractivity contribution in [3.05, 3.63) is 53.8 Å². The number of carbonyl (C=O) groups is 3. The van der Waals surface area contributed by atoms with Gasteiger partial charge in [0.25, 0.3) is 0 Å². The summed E-state index contributed by atoms with van der Waals surface area (Å²) in [4.78, 5) is 42.9. The minimum atomic E-state index is -1.01. The Morgan fingerprint density at radius 1 is 1.18 bits per heavy atom. The molecule has 0 radical (unpaired) electrons. The van der Waals surface area contributed by atoms with Gasteiger partial charge in [-0.25, -0.2) is 0 Å². The van der Waals surface area contributed by atoms with Gasteiger partial charge in [0.2, 0.25) is 17.7 Å². The Labute approximate surface area is 274 Å². The molecule has 3 amide bonds. The zero-order valence-electron chi connectivity index (χ0n) is 27.9. The van der Waals surface area contributed by atoms with Crippen molar-refractivity contribution in [2.45, 2.75) is 83.3 Å². The summed E-state index contributed by atoms with van der Waals surface area (Å²) in [7, 11) is 0. The molecule has 45 heavy (non-hydrogen) atoms. The number of nitrogens with zero attached hydrogens (tertiary/aromatic N) is 3. The summed E-state index contributed by atoms with van der Waals surface area (Å²) in [6.45, 7) is 16.6. The molecule has 0 spiro atoms. The second kappa shape index (κ2) is 17.4. The molecule has 246 valence electrons. The van der Waals surface area contributed by atoms with Gasteiger partial charge in [0.1, 0.15) is 10.1 Å². The van der Waals surface area contributed by atoms with E-state index in [4.69, 9.17) is 0 Å². The number of hydrogen-bond acceptors (Lipinski definition) is 7. The summed E-state index contributed by atoms with van der Waals surface area (Å²) in [5.41, 5.74) is 2.76. The van der Waals surface area contributed by atoms with Crippen LogP contribution in [-0.2, 0) is 14.4 Å². The zero-order valence-corrected chi connectivity index (χ0v) is 28.7. The van der Waals surface area contributed by atoms with Gasteiger partial charge in [-0.2, -0.15) is 5.26 Å². The van der Waals surface area contributed by atoms with Crippen molar-refractivity contribution in [2.75, 3.05) is 44.6 Å². The molecule has 2 aliphatic rings. The molecule has 1 fully saturated rings. The van der Waals surface area contributed by atoms with Crippen LogP contribution in [0.5, 0.6) is 0 Å². The molecule has 4 atom stereocenters. The van der Waals surface area contributed by atoms with Crippen molar-refractivity contribution in [3.63, 3.8) is 0 Å². The molecule has 1 aromatic carbocycles. The highest BCUT2D eigenvalue weighted by atomic mass is 32.2. The maximum absolute atomic E-state index is 13.6. The predicted molar refractivity (Wildman–Crippen MR) is 183 cm³/mol. The quantitative estimate of drug-likeness (QED) is 0.214. The lowest BCUT2D eigenvalue weighted by Gasteiger charge is -2.25. The van der Waals surface area contributed by atoms with Crippen LogP contribution in [0.3, 0.4) is 0 Å². The van der Waals surface area contributed by atoms with Crippen LogP contribution < -0.4 is 16.0 Å². The molecule has 3 rings (SSSR count). The predicted octanol–water partition coefficient (Wildman–Crippen LogP) is 5.25. The lowest BCUT2D eigenvalue weighted by atomic mass is 9.93. The van der Waals surface area contributed by atoms with Crippen molar-refractivity contribution in [1.29, 1.82) is 5.26 Å². The second-order valence-electron chi connectivity index (χ2n) is 12.3. The van der Waals surface area contributed by atoms with Gasteiger partial charge in [-0.1, -0.05) is 52.0 Å². The Bertz CT molecular complexity index is 1250. The Morgan fingerprint density at radius 2 is 1.89 bits per heavy atom. The van der Waals surface area contributed by atoms with E-state index in [9.17, 15) is 19.6 Å². The fraction of sp³-hybridized carbons (Fsp3) is 0.600. The van der Waals surface area contributed by atoms with Crippen molar-refractivity contribution >= 4 is 35.2 Å². The number of thioether (sulfide) groups is 1. The van der Waals surface area contributed by atoms with E-state index < -0.39 is 21.9 Å². The molecular weight excluding hydrogens is 584 g/mol. The average molecular weight is 637 g/mol. The van der Waals surface area contributed by atoms with E-state index in [-0.39, 0.29) is 11.8 Å². The summed E-state index contributed by atoms with van der Waals surface area (Å²) < 4.78 is -0.820. The van der Waals surface area contributed by atoms with Crippen LogP contribution in [0, 0.1) is 23.2 Å². The van der Waals surface area contributed by atoms with E-state index in [0.29, 0.717) is 43.6 Å². The summed E-state index contributed by atoms with van der Waals surface area (Å²) in [6, 6.07) is 9.82. The summed E-state index contributed by atoms with van der Waals surface area (Å²) >= 11 is 1.38. The Hall–Kier alpha value is -3.29. The van der Waals surface area contributed by atoms with Gasteiger partial charge in [0, 0.05) is 44.0 Å². The van der Waals surface area contributed by atoms with Gasteiger partial charge in [-0.05, 0) is 81.8 Å². The van der Waals surface area contributed by atoms with E-state index >= 15 is 0 Å². The normalized spacial score (nSPS) is 21.9. The van der Waals surface area contributed by atoms with E-state index in [2.05, 4.69) is 72.8 Å². The van der Waals surface area contributed by atoms with Crippen molar-refractivity contribution in [2.24, 2.45) is 11.8 Å². The van der Waals surface area contributed by atoms with Crippen molar-refractivity contribution < 1.29 is 14.4 Å². The molecule has 0 saturated carbocycles. The zero-order chi connectivity index (χ0) is 33.0. The first-order valence-corrected chi connectivity index (χ1v) is 17.3. The van der Waals surface area contributed by atoms with Crippen molar-refractivity contribution in [1.82, 2.24) is 20.4 Å². The monoisotopic (exact) mass is 636 g/mol. The molecule has 0 bridgehead atoms. The Balaban J connectivity index is 1.48. The fourth-order valence-corrected chi connectivity index (χ4v) is 7.30. The largest absolute Gasteiger partial charge is 0.383 e. The highest BCUT2D eigenvalue weighted by molar-refractivity contribution is 8.02. The number of nitriles is 1. The highest BCUT2D eigenvalue weighted by Crippen LogP contribution is 2.44. The lowest BCUT2D eigenvalue weighted by molar-refractivity contribution is -0.133. The van der Waals surface area contributed by atoms with Crippen LogP contribution in [0.4, 0.5) is 5.69 Å². The summed E-state index contributed by atoms with van der Waals surface area (Å²) in [5.74, 6) is -0.612. The maximum Gasteiger partial charge on any atom is 0.244 e. The molecular formula is C35H52N6O3S. The Kier molecular flexibility index (Phi) is 14.0. The number of nitrogens with one attached hydrogen (secondary N) is 3. The first-order valence-electron chi connectivity index (χ1n) is 16.5. The molecule has 1 saturated heterocycles. The van der Waals surface area contributed by atoms with Gasteiger partial charge in [-0.15, -0.1) is 11.8 Å². The number of carbonyl (C=O) groups excluding carboxylic acids is 3. The first kappa shape index (κ1) is 36.2. The van der Waals surface area contributed by atoms with Crippen molar-refractivity contribution in [3.8, 4) is 6.07 Å². The molecule has 1 heterocycles. The van der Waals surface area contributed by atoms with Crippen LogP contribution in [0.1, 0.15) is 78.7 Å². The maximum atomic E-state index is 13.6. The fourth-order valence-electron chi connectivity index (χ4n) is 5.70. The minimum absolute atomic E-state index is 0.0736. The number of anilines is 1. The summed E-state index contributed by atoms with van der Waals surface area (Å²) in [6.07, 6.45) is 9.58. The molecule has 3 N–H and O–H groups in total. The smallest absolute Gasteiger partial charge is 0.244 e. The first-order chi connectivity index (χ1) is 21.5. The third-order valence-electron chi connectivity index (χ3n) is 8.74. The van der Waals surface area contributed by atoms with Gasteiger partial charge in [0.05, 0.1) is 6.07 Å². The number of benzene rings is 1. The minimum Gasteiger partial charge on any atom is -0.383 e. The number of rotatable bonds is 17. The SMILES string of the molecule is CCN(CC)CCNC(=O)CCCC1C=CC(NC[C@@]2(C)S[C@@H](C(C#N)C(=O)Nc3ccc(C(C)C)cc3)N(CC)C2=O)=CC1. The van der Waals surface area contributed by atoms with Crippen LogP contribution in [-0.4, -0.2) is 76.9 Å². The Morgan fingerprint density at radius 3 is 2.47 bits per heavy atom. The number of likely N-dealkylation sites (N-methyl/N-ethyl adjacent to an activating group) is 1. The standard InChI is InChI=1S/C35H52N6O3S/c1-7-40(8-2)22-21-37-31(42)12-10-11-26-13-17-28(18-14-26)38-24-35(6)34(44)41(9-3)33(45-35)30(23-36)32(43)39-29-19-15-27(16-20-29)25(4)5/h13,15-20,25-26,30,33,38H,7-12,14,21-22,24H2,1-6H3,(H,37,42)(H,39,43)/t26?,30?,33-,35+/m0/s1. The molecule has 2 unspecified atom stereocenters. The third-order valence-corrected chi connectivity index (χ3v) is 10.3. The van der Waals surface area contributed by atoms with Gasteiger partial charge in [-0.3, -0.25) is 14.4 Å². The van der Waals surface area contributed by atoms with E-state index in [1.807, 2.05) is 38.1 Å². The molecule has 9 nitrogen and oxygen atoms in total. The number of hydrogen-bond donors (Lipinski definition) is 3. The van der Waals surface area contributed by atoms with Crippen LogP contribution in [0.25, 0.3) is 0 Å².